The summed E-state index contributed by atoms with van der Waals surface area (Å²) in [4.78, 5) is 12.8. The van der Waals surface area contributed by atoms with Crippen LogP contribution in [0.5, 0.6) is 11.5 Å². The Kier molecular flexibility index (Phi) is 6.46. The minimum absolute atomic E-state index is 0.0664. The van der Waals surface area contributed by atoms with E-state index in [1.807, 2.05) is 0 Å². The van der Waals surface area contributed by atoms with Crippen LogP contribution in [0, 0.1) is 0 Å². The summed E-state index contributed by atoms with van der Waals surface area (Å²) < 4.78 is 35.4. The minimum Gasteiger partial charge on any atom is -0.493 e. The third-order valence-corrected chi connectivity index (χ3v) is 5.33. The number of methoxy groups -OCH3 is 2. The van der Waals surface area contributed by atoms with Gasteiger partial charge in [-0.3, -0.25) is 9.10 Å². The fourth-order valence-corrected chi connectivity index (χ4v) is 3.35. The van der Waals surface area contributed by atoms with Crippen molar-refractivity contribution in [2.24, 2.45) is 0 Å². The Bertz CT molecular complexity index is 959. The molecule has 0 unspecified atom stereocenters. The van der Waals surface area contributed by atoms with Crippen LogP contribution in [0.15, 0.2) is 30.3 Å². The Balaban J connectivity index is 2.56. The molecule has 0 radical (unpaired) electrons. The van der Waals surface area contributed by atoms with Crippen LogP contribution in [0.25, 0.3) is 0 Å². The number of amides is 1. The smallest absolute Gasteiger partial charge is 0.257 e. The topological polar surface area (TPSA) is 84.9 Å². The average Bonchev–Trinajstić information content (AvgIpc) is 2.58. The van der Waals surface area contributed by atoms with E-state index < -0.39 is 15.9 Å². The summed E-state index contributed by atoms with van der Waals surface area (Å²) in [6.45, 7) is 0. The molecule has 0 aliphatic heterocycles. The molecule has 0 atom stereocenters. The van der Waals surface area contributed by atoms with Crippen molar-refractivity contribution in [1.82, 2.24) is 0 Å². The largest absolute Gasteiger partial charge is 0.493 e. The highest BCUT2D eigenvalue weighted by atomic mass is 35.5. The number of anilines is 2. The molecule has 0 saturated carbocycles. The number of hydrogen-bond donors (Lipinski definition) is 1. The van der Waals surface area contributed by atoms with Crippen molar-refractivity contribution in [3.8, 4) is 11.5 Å². The maximum Gasteiger partial charge on any atom is 0.257 e. The molecule has 2 aromatic carbocycles. The van der Waals surface area contributed by atoms with Crippen molar-refractivity contribution in [3.63, 3.8) is 0 Å². The highest BCUT2D eigenvalue weighted by Crippen LogP contribution is 2.36. The first kappa shape index (κ1) is 21.1. The van der Waals surface area contributed by atoms with Crippen LogP contribution in [0.1, 0.15) is 10.4 Å². The third-order valence-electron chi connectivity index (χ3n) is 3.70. The van der Waals surface area contributed by atoms with E-state index in [-0.39, 0.29) is 22.7 Å². The van der Waals surface area contributed by atoms with Gasteiger partial charge in [0.2, 0.25) is 10.0 Å². The summed E-state index contributed by atoms with van der Waals surface area (Å²) in [5.74, 6) is -0.0115. The van der Waals surface area contributed by atoms with E-state index in [4.69, 9.17) is 32.7 Å². The van der Waals surface area contributed by atoms with Crippen LogP contribution in [-0.2, 0) is 10.0 Å². The molecule has 2 aromatic rings. The number of nitrogens with zero attached hydrogens (tertiary/aromatic N) is 1. The van der Waals surface area contributed by atoms with Gasteiger partial charge >= 0.3 is 0 Å². The van der Waals surface area contributed by atoms with Gasteiger partial charge < -0.3 is 14.8 Å². The normalized spacial score (nSPS) is 11.0. The zero-order chi connectivity index (χ0) is 20.4. The van der Waals surface area contributed by atoms with Crippen molar-refractivity contribution >= 4 is 50.5 Å². The number of nitrogens with one attached hydrogen (secondary N) is 1. The van der Waals surface area contributed by atoms with Crippen molar-refractivity contribution < 1.29 is 22.7 Å². The second-order valence-corrected chi connectivity index (χ2v) is 8.45. The average molecular weight is 433 g/mol. The third kappa shape index (κ3) is 4.97. The molecule has 0 spiro atoms. The highest BCUT2D eigenvalue weighted by molar-refractivity contribution is 7.92. The molecule has 0 heterocycles. The van der Waals surface area contributed by atoms with E-state index in [0.717, 1.165) is 10.6 Å². The van der Waals surface area contributed by atoms with Gasteiger partial charge in [-0.15, -0.1) is 0 Å². The first-order valence-corrected chi connectivity index (χ1v) is 10.1. The standard InChI is InChI=1S/C17H18Cl2N2O5S/c1-21(27(4,23)24)14-9-16(26-3)15(25-2)8-13(14)17(22)20-12-6-10(18)5-11(19)7-12/h5-9H,1-4H3,(H,20,22). The van der Waals surface area contributed by atoms with Crippen LogP contribution < -0.4 is 19.1 Å². The van der Waals surface area contributed by atoms with E-state index in [1.54, 1.807) is 0 Å². The fourth-order valence-electron chi connectivity index (χ4n) is 2.31. The predicted octanol–water partition coefficient (Wildman–Crippen LogP) is 3.66. The van der Waals surface area contributed by atoms with Gasteiger partial charge in [-0.2, -0.15) is 0 Å². The van der Waals surface area contributed by atoms with Gasteiger partial charge in [0.15, 0.2) is 11.5 Å². The second kappa shape index (κ2) is 8.24. The zero-order valence-electron chi connectivity index (χ0n) is 15.0. The predicted molar refractivity (Wildman–Crippen MR) is 107 cm³/mol. The molecule has 7 nitrogen and oxygen atoms in total. The summed E-state index contributed by atoms with van der Waals surface area (Å²) >= 11 is 11.9. The monoisotopic (exact) mass is 432 g/mol. The van der Waals surface area contributed by atoms with Gasteiger partial charge in [-0.1, -0.05) is 23.2 Å². The molecular weight excluding hydrogens is 415 g/mol. The highest BCUT2D eigenvalue weighted by Gasteiger charge is 2.23. The van der Waals surface area contributed by atoms with E-state index in [2.05, 4.69) is 5.32 Å². The van der Waals surface area contributed by atoms with Gasteiger partial charge in [-0.05, 0) is 24.3 Å². The maximum atomic E-state index is 12.8. The number of sulfonamides is 1. The van der Waals surface area contributed by atoms with Gasteiger partial charge in [0.1, 0.15) is 0 Å². The van der Waals surface area contributed by atoms with Crippen LogP contribution >= 0.6 is 23.2 Å². The lowest BCUT2D eigenvalue weighted by Gasteiger charge is -2.22. The summed E-state index contributed by atoms with van der Waals surface area (Å²) in [6.07, 6.45) is 1.03. The number of carbonyl (C=O) groups excluding carboxylic acids is 1. The van der Waals surface area contributed by atoms with Crippen LogP contribution in [0.4, 0.5) is 11.4 Å². The van der Waals surface area contributed by atoms with Crippen molar-refractivity contribution in [2.45, 2.75) is 0 Å². The Morgan fingerprint density at radius 1 is 1.00 bits per heavy atom. The summed E-state index contributed by atoms with van der Waals surface area (Å²) in [5, 5.41) is 3.34. The number of ether oxygens (including phenoxy) is 2. The lowest BCUT2D eigenvalue weighted by atomic mass is 10.1. The van der Waals surface area contributed by atoms with Crippen LogP contribution in [0.2, 0.25) is 10.0 Å². The molecule has 0 aliphatic carbocycles. The van der Waals surface area contributed by atoms with Gasteiger partial charge in [-0.25, -0.2) is 8.42 Å². The lowest BCUT2D eigenvalue weighted by Crippen LogP contribution is -2.28. The molecule has 0 saturated heterocycles. The van der Waals surface area contributed by atoms with E-state index >= 15 is 0 Å². The van der Waals surface area contributed by atoms with Crippen molar-refractivity contribution in [2.75, 3.05) is 37.1 Å². The Morgan fingerprint density at radius 3 is 2.00 bits per heavy atom. The summed E-state index contributed by atoms with van der Waals surface area (Å²) in [6, 6.07) is 7.38. The van der Waals surface area contributed by atoms with Crippen molar-refractivity contribution in [1.29, 1.82) is 0 Å². The van der Waals surface area contributed by atoms with Crippen LogP contribution in [0.3, 0.4) is 0 Å². The molecule has 0 fully saturated rings. The number of benzene rings is 2. The molecule has 1 N–H and O–H groups in total. The molecule has 27 heavy (non-hydrogen) atoms. The van der Waals surface area contributed by atoms with E-state index in [0.29, 0.717) is 15.7 Å². The minimum atomic E-state index is -3.63. The first-order valence-electron chi connectivity index (χ1n) is 7.54. The van der Waals surface area contributed by atoms with Gasteiger partial charge in [0.25, 0.3) is 5.91 Å². The quantitative estimate of drug-likeness (QED) is 0.752. The summed E-state index contributed by atoms with van der Waals surface area (Å²) in [5.41, 5.74) is 0.553. The van der Waals surface area contributed by atoms with E-state index in [1.165, 1.54) is 51.6 Å². The molecule has 0 aromatic heterocycles. The number of carbonyl (C=O) groups is 1. The molecule has 146 valence electrons. The number of hydrogen-bond acceptors (Lipinski definition) is 5. The summed E-state index contributed by atoms with van der Waals surface area (Å²) in [7, 11) is 0.534. The van der Waals surface area contributed by atoms with E-state index in [9.17, 15) is 13.2 Å². The maximum absolute atomic E-state index is 12.8. The number of halogens is 2. The van der Waals surface area contributed by atoms with Gasteiger partial charge in [0.05, 0.1) is 31.7 Å². The fraction of sp³-hybridized carbons (Fsp3) is 0.235. The molecule has 0 bridgehead atoms. The Morgan fingerprint density at radius 2 is 1.52 bits per heavy atom. The van der Waals surface area contributed by atoms with Crippen molar-refractivity contribution in [3.05, 3.63) is 45.9 Å². The van der Waals surface area contributed by atoms with Crippen LogP contribution in [-0.4, -0.2) is 41.8 Å². The first-order chi connectivity index (χ1) is 12.6. The molecule has 2 rings (SSSR count). The zero-order valence-corrected chi connectivity index (χ0v) is 17.4. The molecule has 1 amide bonds. The Labute approximate surface area is 167 Å². The molecule has 0 aliphatic rings. The Hall–Kier alpha value is -2.16. The lowest BCUT2D eigenvalue weighted by molar-refractivity contribution is 0.102. The number of rotatable bonds is 6. The molecule has 10 heteroatoms. The molecular formula is C17H18Cl2N2O5S. The SMILES string of the molecule is COc1cc(C(=O)Nc2cc(Cl)cc(Cl)c2)c(N(C)S(C)(=O)=O)cc1OC. The second-order valence-electron chi connectivity index (χ2n) is 5.57. The van der Waals surface area contributed by atoms with Gasteiger partial charge in [0, 0.05) is 28.8 Å².